The third-order valence-corrected chi connectivity index (χ3v) is 3.84. The molecule has 1 fully saturated rings. The molecule has 0 radical (unpaired) electrons. The van der Waals surface area contributed by atoms with Crippen LogP contribution in [0.1, 0.15) is 12.8 Å². The van der Waals surface area contributed by atoms with E-state index in [2.05, 4.69) is 10.2 Å². The Hall–Kier alpha value is -1.45. The highest BCUT2D eigenvalue weighted by atomic mass is 32.1. The number of hydroxylamine groups is 2. The second-order valence-electron chi connectivity index (χ2n) is 4.32. The number of anilines is 1. The monoisotopic (exact) mass is 302 g/mol. The van der Waals surface area contributed by atoms with Crippen molar-refractivity contribution in [2.24, 2.45) is 0 Å². The zero-order valence-corrected chi connectivity index (χ0v) is 12.6. The van der Waals surface area contributed by atoms with E-state index >= 15 is 0 Å². The summed E-state index contributed by atoms with van der Waals surface area (Å²) in [5.41, 5.74) is 0. The van der Waals surface area contributed by atoms with Gasteiger partial charge in [0.1, 0.15) is 6.61 Å². The van der Waals surface area contributed by atoms with E-state index in [4.69, 9.17) is 14.3 Å². The van der Waals surface area contributed by atoms with Gasteiger partial charge < -0.3 is 9.47 Å². The summed E-state index contributed by atoms with van der Waals surface area (Å²) in [5, 5.41) is 9.81. The van der Waals surface area contributed by atoms with Crippen molar-refractivity contribution in [3.8, 4) is 5.19 Å². The molecule has 2 heterocycles. The van der Waals surface area contributed by atoms with Gasteiger partial charge in [-0.2, -0.15) is 0 Å². The summed E-state index contributed by atoms with van der Waals surface area (Å²) in [6.45, 7) is 1.25. The fourth-order valence-corrected chi connectivity index (χ4v) is 2.37. The first-order chi connectivity index (χ1) is 9.61. The van der Waals surface area contributed by atoms with Crippen LogP contribution in [0.5, 0.6) is 5.19 Å². The Morgan fingerprint density at radius 3 is 2.95 bits per heavy atom. The Kier molecular flexibility index (Phi) is 5.10. The number of urea groups is 1. The van der Waals surface area contributed by atoms with Gasteiger partial charge >= 0.3 is 6.03 Å². The van der Waals surface area contributed by atoms with Crippen LogP contribution >= 0.6 is 11.3 Å². The van der Waals surface area contributed by atoms with Crippen LogP contribution in [-0.2, 0) is 9.57 Å². The number of nitrogens with zero attached hydrogens (tertiary/aromatic N) is 4. The molecule has 112 valence electrons. The molecular weight excluding hydrogens is 284 g/mol. The topological polar surface area (TPSA) is 77.0 Å². The van der Waals surface area contributed by atoms with Crippen LogP contribution in [0.25, 0.3) is 0 Å². The van der Waals surface area contributed by atoms with Crippen molar-refractivity contribution >= 4 is 22.5 Å². The smallest absolute Gasteiger partial charge is 0.349 e. The Bertz CT molecular complexity index is 449. The van der Waals surface area contributed by atoms with E-state index in [0.29, 0.717) is 16.9 Å². The van der Waals surface area contributed by atoms with E-state index < -0.39 is 0 Å². The molecule has 0 spiro atoms. The zero-order valence-electron chi connectivity index (χ0n) is 11.7. The fraction of sp³-hybridized carbons (Fsp3) is 0.727. The maximum Gasteiger partial charge on any atom is 0.349 e. The molecule has 0 aromatic carbocycles. The standard InChI is InChI=1S/C11H18N4O4S/c1-14(11(16)15(2)17-3)9-12-13-10(20-9)19-7-8-5-4-6-18-8/h8H,4-7H2,1-3H3. The van der Waals surface area contributed by atoms with Crippen LogP contribution in [0, 0.1) is 0 Å². The van der Waals surface area contributed by atoms with Gasteiger partial charge in [-0.25, -0.2) is 9.86 Å². The maximum atomic E-state index is 11.9. The zero-order chi connectivity index (χ0) is 14.5. The van der Waals surface area contributed by atoms with Gasteiger partial charge in [-0.1, -0.05) is 5.10 Å². The quantitative estimate of drug-likeness (QED) is 0.759. The molecule has 0 bridgehead atoms. The molecule has 2 rings (SSSR count). The highest BCUT2D eigenvalue weighted by Gasteiger charge is 2.21. The molecule has 20 heavy (non-hydrogen) atoms. The second-order valence-corrected chi connectivity index (χ2v) is 5.24. The van der Waals surface area contributed by atoms with Crippen molar-refractivity contribution in [2.75, 3.05) is 39.3 Å². The molecule has 1 aliphatic heterocycles. The molecule has 0 aliphatic carbocycles. The first-order valence-electron chi connectivity index (χ1n) is 6.25. The lowest BCUT2D eigenvalue weighted by molar-refractivity contribution is -0.0619. The lowest BCUT2D eigenvalue weighted by atomic mass is 10.2. The van der Waals surface area contributed by atoms with Gasteiger partial charge in [0.05, 0.1) is 13.2 Å². The van der Waals surface area contributed by atoms with Crippen LogP contribution in [0.2, 0.25) is 0 Å². The van der Waals surface area contributed by atoms with Crippen molar-refractivity contribution in [3.05, 3.63) is 0 Å². The van der Waals surface area contributed by atoms with Crippen LogP contribution < -0.4 is 9.64 Å². The first-order valence-corrected chi connectivity index (χ1v) is 7.07. The number of aromatic nitrogens is 2. The third kappa shape index (κ3) is 3.56. The Morgan fingerprint density at radius 2 is 2.30 bits per heavy atom. The number of carbonyl (C=O) groups is 1. The van der Waals surface area contributed by atoms with Crippen molar-refractivity contribution in [2.45, 2.75) is 18.9 Å². The van der Waals surface area contributed by atoms with Gasteiger partial charge in [-0.3, -0.25) is 9.74 Å². The lowest BCUT2D eigenvalue weighted by Gasteiger charge is -2.19. The predicted molar refractivity (Wildman–Crippen MR) is 72.9 cm³/mol. The Balaban J connectivity index is 1.89. The van der Waals surface area contributed by atoms with Crippen LogP contribution in [0.3, 0.4) is 0 Å². The summed E-state index contributed by atoms with van der Waals surface area (Å²) in [5.74, 6) is 0. The molecule has 9 heteroatoms. The number of hydrogen-bond acceptors (Lipinski definition) is 7. The van der Waals surface area contributed by atoms with E-state index in [-0.39, 0.29) is 12.1 Å². The predicted octanol–water partition coefficient (Wildman–Crippen LogP) is 1.15. The molecule has 1 atom stereocenters. The van der Waals surface area contributed by atoms with Crippen LogP contribution in [0.4, 0.5) is 9.93 Å². The van der Waals surface area contributed by atoms with E-state index in [1.807, 2.05) is 0 Å². The third-order valence-electron chi connectivity index (χ3n) is 2.93. The van der Waals surface area contributed by atoms with Crippen molar-refractivity contribution < 1.29 is 19.1 Å². The van der Waals surface area contributed by atoms with Crippen LogP contribution in [-0.4, -0.2) is 61.8 Å². The minimum absolute atomic E-state index is 0.126. The minimum Gasteiger partial charge on any atom is -0.466 e. The van der Waals surface area contributed by atoms with Gasteiger partial charge in [0.2, 0.25) is 5.13 Å². The molecule has 1 unspecified atom stereocenters. The molecule has 8 nitrogen and oxygen atoms in total. The highest BCUT2D eigenvalue weighted by Crippen LogP contribution is 2.26. The number of rotatable bonds is 5. The summed E-state index contributed by atoms with van der Waals surface area (Å²) < 4.78 is 11.0. The van der Waals surface area contributed by atoms with Gasteiger partial charge in [0, 0.05) is 20.7 Å². The van der Waals surface area contributed by atoms with Gasteiger partial charge in [-0.15, -0.1) is 5.10 Å². The Labute approximate surface area is 121 Å². The van der Waals surface area contributed by atoms with Gasteiger partial charge in [0.15, 0.2) is 0 Å². The van der Waals surface area contributed by atoms with Crippen molar-refractivity contribution in [1.82, 2.24) is 15.3 Å². The Morgan fingerprint density at radius 1 is 1.50 bits per heavy atom. The van der Waals surface area contributed by atoms with Gasteiger partial charge in [0.25, 0.3) is 5.19 Å². The molecule has 1 saturated heterocycles. The van der Waals surface area contributed by atoms with Crippen molar-refractivity contribution in [3.63, 3.8) is 0 Å². The lowest BCUT2D eigenvalue weighted by Crippen LogP contribution is -2.38. The van der Waals surface area contributed by atoms with E-state index in [0.717, 1.165) is 24.5 Å². The summed E-state index contributed by atoms with van der Waals surface area (Å²) in [7, 11) is 4.54. The summed E-state index contributed by atoms with van der Waals surface area (Å²) >= 11 is 1.20. The number of hydrogen-bond donors (Lipinski definition) is 0. The fourth-order valence-electron chi connectivity index (χ4n) is 1.71. The maximum absolute atomic E-state index is 11.9. The van der Waals surface area contributed by atoms with E-state index in [1.165, 1.54) is 30.4 Å². The summed E-state index contributed by atoms with van der Waals surface area (Å²) in [6, 6.07) is -0.339. The van der Waals surface area contributed by atoms with Gasteiger partial charge in [-0.05, 0) is 24.2 Å². The average Bonchev–Trinajstić information content (AvgIpc) is 3.13. The minimum atomic E-state index is -0.339. The molecule has 1 aromatic heterocycles. The summed E-state index contributed by atoms with van der Waals surface area (Å²) in [4.78, 5) is 18.0. The molecule has 1 aliphatic rings. The van der Waals surface area contributed by atoms with Crippen LogP contribution in [0.15, 0.2) is 0 Å². The average molecular weight is 302 g/mol. The van der Waals surface area contributed by atoms with E-state index in [9.17, 15) is 4.79 Å². The van der Waals surface area contributed by atoms with E-state index in [1.54, 1.807) is 7.05 Å². The normalized spacial score (nSPS) is 18.1. The second kappa shape index (κ2) is 6.82. The summed E-state index contributed by atoms with van der Waals surface area (Å²) in [6.07, 6.45) is 2.19. The number of ether oxygens (including phenoxy) is 2. The van der Waals surface area contributed by atoms with Crippen molar-refractivity contribution in [1.29, 1.82) is 0 Å². The first kappa shape index (κ1) is 14.9. The molecule has 0 N–H and O–H groups in total. The highest BCUT2D eigenvalue weighted by molar-refractivity contribution is 7.17. The number of carbonyl (C=O) groups excluding carboxylic acids is 1. The largest absolute Gasteiger partial charge is 0.466 e. The molecule has 0 saturated carbocycles. The number of amides is 2. The molecule has 2 amide bonds. The molecule has 1 aromatic rings. The molecular formula is C11H18N4O4S. The SMILES string of the molecule is CON(C)C(=O)N(C)c1nnc(OCC2CCCO2)s1.